The SMILES string of the molecule is CCNC(=NCc1ccccc1Cl)NCCN1CCOCC1. The molecule has 0 bridgehead atoms. The molecule has 1 aliphatic heterocycles. The molecule has 5 nitrogen and oxygen atoms in total. The first-order valence-electron chi connectivity index (χ1n) is 7.85. The summed E-state index contributed by atoms with van der Waals surface area (Å²) in [5.41, 5.74) is 1.04. The van der Waals surface area contributed by atoms with Crippen LogP contribution < -0.4 is 10.6 Å². The van der Waals surface area contributed by atoms with Crippen LogP contribution >= 0.6 is 11.6 Å². The molecule has 122 valence electrons. The number of guanidine groups is 1. The van der Waals surface area contributed by atoms with E-state index in [0.29, 0.717) is 6.54 Å². The van der Waals surface area contributed by atoms with Crippen molar-refractivity contribution in [1.82, 2.24) is 15.5 Å². The molecule has 1 saturated heterocycles. The van der Waals surface area contributed by atoms with E-state index in [1.165, 1.54) is 0 Å². The molecule has 6 heteroatoms. The second-order valence-corrected chi connectivity index (χ2v) is 5.57. The van der Waals surface area contributed by atoms with Crippen molar-refractivity contribution in [1.29, 1.82) is 0 Å². The number of nitrogens with zero attached hydrogens (tertiary/aromatic N) is 2. The Bertz CT molecular complexity index is 475. The smallest absolute Gasteiger partial charge is 0.191 e. The zero-order chi connectivity index (χ0) is 15.6. The summed E-state index contributed by atoms with van der Waals surface area (Å²) in [6.45, 7) is 9.03. The highest BCUT2D eigenvalue weighted by atomic mass is 35.5. The predicted octanol–water partition coefficient (Wildman–Crippen LogP) is 1.73. The van der Waals surface area contributed by atoms with Crippen LogP contribution in [0.15, 0.2) is 29.3 Å². The lowest BCUT2D eigenvalue weighted by molar-refractivity contribution is 0.0389. The van der Waals surface area contributed by atoms with Crippen LogP contribution in [0.5, 0.6) is 0 Å². The standard InChI is InChI=1S/C16H25ClN4O/c1-2-18-16(19-7-8-21-9-11-22-12-10-21)20-13-14-5-3-4-6-15(14)17/h3-6H,2,7-13H2,1H3,(H2,18,19,20). The van der Waals surface area contributed by atoms with Crippen molar-refractivity contribution < 1.29 is 4.74 Å². The van der Waals surface area contributed by atoms with Gasteiger partial charge in [0.15, 0.2) is 5.96 Å². The third-order valence-corrected chi connectivity index (χ3v) is 3.90. The number of hydrogen-bond donors (Lipinski definition) is 2. The first-order valence-corrected chi connectivity index (χ1v) is 8.23. The third-order valence-electron chi connectivity index (χ3n) is 3.53. The van der Waals surface area contributed by atoms with E-state index >= 15 is 0 Å². The molecule has 2 rings (SSSR count). The van der Waals surface area contributed by atoms with E-state index in [-0.39, 0.29) is 0 Å². The van der Waals surface area contributed by atoms with E-state index in [0.717, 1.165) is 62.5 Å². The second kappa shape index (κ2) is 9.66. The maximum atomic E-state index is 6.16. The molecule has 0 radical (unpaired) electrons. The Hall–Kier alpha value is -1.30. The van der Waals surface area contributed by atoms with Crippen LogP contribution in [0.2, 0.25) is 5.02 Å². The fraction of sp³-hybridized carbons (Fsp3) is 0.562. The van der Waals surface area contributed by atoms with E-state index < -0.39 is 0 Å². The Morgan fingerprint density at radius 3 is 2.77 bits per heavy atom. The van der Waals surface area contributed by atoms with Crippen LogP contribution in [0.3, 0.4) is 0 Å². The number of ether oxygens (including phenoxy) is 1. The molecule has 2 N–H and O–H groups in total. The van der Waals surface area contributed by atoms with Crippen LogP contribution in [-0.2, 0) is 11.3 Å². The number of rotatable bonds is 6. The fourth-order valence-electron chi connectivity index (χ4n) is 2.29. The summed E-state index contributed by atoms with van der Waals surface area (Å²) >= 11 is 6.16. The van der Waals surface area contributed by atoms with Crippen molar-refractivity contribution in [3.05, 3.63) is 34.9 Å². The molecular weight excluding hydrogens is 300 g/mol. The van der Waals surface area contributed by atoms with Gasteiger partial charge >= 0.3 is 0 Å². The summed E-state index contributed by atoms with van der Waals surface area (Å²) in [4.78, 5) is 6.99. The van der Waals surface area contributed by atoms with Crippen molar-refractivity contribution in [2.45, 2.75) is 13.5 Å². The van der Waals surface area contributed by atoms with Crippen molar-refractivity contribution in [2.24, 2.45) is 4.99 Å². The van der Waals surface area contributed by atoms with Gasteiger partial charge < -0.3 is 15.4 Å². The largest absolute Gasteiger partial charge is 0.379 e. The summed E-state index contributed by atoms with van der Waals surface area (Å²) in [6.07, 6.45) is 0. The second-order valence-electron chi connectivity index (χ2n) is 5.17. The molecule has 0 amide bonds. The zero-order valence-electron chi connectivity index (χ0n) is 13.1. The Balaban J connectivity index is 1.80. The average Bonchev–Trinajstić information content (AvgIpc) is 2.55. The van der Waals surface area contributed by atoms with Gasteiger partial charge in [0, 0.05) is 37.7 Å². The van der Waals surface area contributed by atoms with Gasteiger partial charge in [-0.3, -0.25) is 4.90 Å². The monoisotopic (exact) mass is 324 g/mol. The van der Waals surface area contributed by atoms with E-state index in [9.17, 15) is 0 Å². The third kappa shape index (κ3) is 5.83. The summed E-state index contributed by atoms with van der Waals surface area (Å²) in [7, 11) is 0. The number of aliphatic imine (C=N–C) groups is 1. The first-order chi connectivity index (χ1) is 10.8. The molecule has 1 aromatic rings. The minimum Gasteiger partial charge on any atom is -0.379 e. The number of benzene rings is 1. The van der Waals surface area contributed by atoms with Gasteiger partial charge in [-0.25, -0.2) is 4.99 Å². The lowest BCUT2D eigenvalue weighted by atomic mass is 10.2. The van der Waals surface area contributed by atoms with Crippen LogP contribution in [0.4, 0.5) is 0 Å². The summed E-state index contributed by atoms with van der Waals surface area (Å²) in [5.74, 6) is 0.829. The summed E-state index contributed by atoms with van der Waals surface area (Å²) in [5, 5.41) is 7.39. The number of morpholine rings is 1. The van der Waals surface area contributed by atoms with Gasteiger partial charge in [0.2, 0.25) is 0 Å². The van der Waals surface area contributed by atoms with Crippen molar-refractivity contribution in [2.75, 3.05) is 45.9 Å². The molecule has 1 fully saturated rings. The zero-order valence-corrected chi connectivity index (χ0v) is 13.9. The van der Waals surface area contributed by atoms with E-state index in [2.05, 4.69) is 27.4 Å². The average molecular weight is 325 g/mol. The molecule has 0 atom stereocenters. The quantitative estimate of drug-likeness (QED) is 0.618. The molecule has 0 spiro atoms. The van der Waals surface area contributed by atoms with Gasteiger partial charge in [0.1, 0.15) is 0 Å². The molecule has 0 aromatic heterocycles. The topological polar surface area (TPSA) is 48.9 Å². The van der Waals surface area contributed by atoms with Gasteiger partial charge in [0.05, 0.1) is 19.8 Å². The van der Waals surface area contributed by atoms with Crippen LogP contribution in [0.25, 0.3) is 0 Å². The maximum absolute atomic E-state index is 6.16. The molecule has 1 aromatic carbocycles. The summed E-state index contributed by atoms with van der Waals surface area (Å²) < 4.78 is 5.35. The highest BCUT2D eigenvalue weighted by Gasteiger charge is 2.09. The van der Waals surface area contributed by atoms with Crippen LogP contribution in [-0.4, -0.2) is 56.8 Å². The number of hydrogen-bond acceptors (Lipinski definition) is 3. The highest BCUT2D eigenvalue weighted by molar-refractivity contribution is 6.31. The van der Waals surface area contributed by atoms with Crippen molar-refractivity contribution in [3.8, 4) is 0 Å². The molecule has 1 heterocycles. The van der Waals surface area contributed by atoms with E-state index in [1.54, 1.807) is 0 Å². The maximum Gasteiger partial charge on any atom is 0.191 e. The van der Waals surface area contributed by atoms with Gasteiger partial charge in [-0.2, -0.15) is 0 Å². The lowest BCUT2D eigenvalue weighted by Gasteiger charge is -2.26. The fourth-order valence-corrected chi connectivity index (χ4v) is 2.49. The Kier molecular flexibility index (Phi) is 7.49. The molecule has 1 aliphatic rings. The Labute approximate surface area is 137 Å². The minimum absolute atomic E-state index is 0.576. The van der Waals surface area contributed by atoms with E-state index in [4.69, 9.17) is 16.3 Å². The first kappa shape index (κ1) is 17.1. The molecule has 0 saturated carbocycles. The lowest BCUT2D eigenvalue weighted by Crippen LogP contribution is -2.44. The Morgan fingerprint density at radius 2 is 2.05 bits per heavy atom. The predicted molar refractivity (Wildman–Crippen MR) is 91.5 cm³/mol. The molecular formula is C16H25ClN4O. The highest BCUT2D eigenvalue weighted by Crippen LogP contribution is 2.15. The van der Waals surface area contributed by atoms with Crippen molar-refractivity contribution >= 4 is 17.6 Å². The Morgan fingerprint density at radius 1 is 1.27 bits per heavy atom. The van der Waals surface area contributed by atoms with Gasteiger partial charge in [-0.1, -0.05) is 29.8 Å². The van der Waals surface area contributed by atoms with Crippen LogP contribution in [0.1, 0.15) is 12.5 Å². The molecule has 0 unspecified atom stereocenters. The number of halogens is 1. The molecule has 0 aliphatic carbocycles. The normalized spacial score (nSPS) is 16.5. The van der Waals surface area contributed by atoms with E-state index in [1.807, 2.05) is 24.3 Å². The molecule has 22 heavy (non-hydrogen) atoms. The van der Waals surface area contributed by atoms with Crippen molar-refractivity contribution in [3.63, 3.8) is 0 Å². The van der Waals surface area contributed by atoms with Gasteiger partial charge in [0.25, 0.3) is 0 Å². The van der Waals surface area contributed by atoms with Crippen LogP contribution in [0, 0.1) is 0 Å². The number of nitrogens with one attached hydrogen (secondary N) is 2. The minimum atomic E-state index is 0.576. The van der Waals surface area contributed by atoms with Gasteiger partial charge in [-0.15, -0.1) is 0 Å². The summed E-state index contributed by atoms with van der Waals surface area (Å²) in [6, 6.07) is 7.81. The van der Waals surface area contributed by atoms with Gasteiger partial charge in [-0.05, 0) is 18.6 Å².